The van der Waals surface area contributed by atoms with Gasteiger partial charge in [-0.15, -0.1) is 0 Å². The smallest absolute Gasteiger partial charge is 0.251 e. The van der Waals surface area contributed by atoms with Gasteiger partial charge in [0.05, 0.1) is 5.41 Å². The number of halogens is 1. The highest BCUT2D eigenvalue weighted by atomic mass is 35.5. The largest absolute Gasteiger partial charge is 0.355 e. The van der Waals surface area contributed by atoms with Gasteiger partial charge in [0.1, 0.15) is 0 Å². The summed E-state index contributed by atoms with van der Waals surface area (Å²) in [5, 5.41) is 9.90. The molecule has 0 heterocycles. The summed E-state index contributed by atoms with van der Waals surface area (Å²) in [5.74, 6) is 0.643. The summed E-state index contributed by atoms with van der Waals surface area (Å²) in [6.45, 7) is 1.53. The lowest BCUT2D eigenvalue weighted by atomic mass is 9.84. The minimum absolute atomic E-state index is 0.150. The van der Waals surface area contributed by atoms with Crippen LogP contribution in [0.3, 0.4) is 0 Å². The van der Waals surface area contributed by atoms with Crippen molar-refractivity contribution in [2.45, 2.75) is 25.7 Å². The van der Waals surface area contributed by atoms with E-state index in [4.69, 9.17) is 11.6 Å². The van der Waals surface area contributed by atoms with Gasteiger partial charge in [-0.3, -0.25) is 14.6 Å². The first-order valence-corrected chi connectivity index (χ1v) is 9.96. The fourth-order valence-corrected chi connectivity index (χ4v) is 3.65. The number of benzene rings is 1. The topological polar surface area (TPSA) is 85.8 Å². The molecule has 1 fully saturated rings. The second kappa shape index (κ2) is 10.3. The Morgan fingerprint density at radius 2 is 1.68 bits per heavy atom. The highest BCUT2D eigenvalue weighted by Crippen LogP contribution is 2.38. The molecule has 1 aromatic carbocycles. The standard InChI is InChI=1S/C20H30ClN5O2/c1-22-19(25-14-20(10-4-5-11-20)18(28)26(2)3)24-13-12-23-17(27)15-6-8-16(21)9-7-15/h6-9H,4-5,10-14H2,1-3H3,(H,23,27)(H2,22,24,25). The van der Waals surface area contributed by atoms with E-state index in [0.29, 0.717) is 36.2 Å². The lowest BCUT2D eigenvalue weighted by Crippen LogP contribution is -2.50. The number of guanidine groups is 1. The number of carbonyl (C=O) groups excluding carboxylic acids is 2. The predicted octanol–water partition coefficient (Wildman–Crippen LogP) is 1.88. The van der Waals surface area contributed by atoms with E-state index in [1.165, 1.54) is 0 Å². The molecular weight excluding hydrogens is 378 g/mol. The Hall–Kier alpha value is -2.28. The monoisotopic (exact) mass is 407 g/mol. The maximum absolute atomic E-state index is 12.6. The van der Waals surface area contributed by atoms with Crippen molar-refractivity contribution >= 4 is 29.4 Å². The molecule has 0 spiro atoms. The first-order chi connectivity index (χ1) is 13.4. The molecule has 0 radical (unpaired) electrons. The molecule has 0 saturated heterocycles. The van der Waals surface area contributed by atoms with Crippen LogP contribution >= 0.6 is 11.6 Å². The molecule has 0 aliphatic heterocycles. The van der Waals surface area contributed by atoms with Crippen molar-refractivity contribution in [1.82, 2.24) is 20.9 Å². The summed E-state index contributed by atoms with van der Waals surface area (Å²) in [6.07, 6.45) is 3.93. The zero-order valence-corrected chi connectivity index (χ0v) is 17.6. The normalized spacial score (nSPS) is 15.8. The van der Waals surface area contributed by atoms with Crippen LogP contribution in [-0.2, 0) is 4.79 Å². The van der Waals surface area contributed by atoms with Crippen molar-refractivity contribution in [2.24, 2.45) is 10.4 Å². The summed E-state index contributed by atoms with van der Waals surface area (Å²) in [6, 6.07) is 6.76. The zero-order valence-electron chi connectivity index (χ0n) is 16.8. The van der Waals surface area contributed by atoms with Gasteiger partial charge in [-0.2, -0.15) is 0 Å². The Morgan fingerprint density at radius 3 is 2.25 bits per heavy atom. The number of aliphatic imine (C=N–C) groups is 1. The molecule has 1 aliphatic rings. The van der Waals surface area contributed by atoms with Crippen LogP contribution in [0.4, 0.5) is 0 Å². The number of hydrogen-bond donors (Lipinski definition) is 3. The molecule has 2 amide bonds. The van der Waals surface area contributed by atoms with Crippen LogP contribution in [0, 0.1) is 5.41 Å². The average molecular weight is 408 g/mol. The summed E-state index contributed by atoms with van der Waals surface area (Å²) in [7, 11) is 5.30. The highest BCUT2D eigenvalue weighted by molar-refractivity contribution is 6.30. The molecule has 3 N–H and O–H groups in total. The molecule has 1 aromatic rings. The van der Waals surface area contributed by atoms with Gasteiger partial charge < -0.3 is 20.9 Å². The van der Waals surface area contributed by atoms with Gasteiger partial charge in [0.25, 0.3) is 5.91 Å². The SMILES string of the molecule is CN=C(NCCNC(=O)c1ccc(Cl)cc1)NCC1(C(=O)N(C)C)CCCC1. The van der Waals surface area contributed by atoms with E-state index in [1.807, 2.05) is 0 Å². The number of amides is 2. The fraction of sp³-hybridized carbons (Fsp3) is 0.550. The van der Waals surface area contributed by atoms with Crippen LogP contribution in [0.25, 0.3) is 0 Å². The number of nitrogens with zero attached hydrogens (tertiary/aromatic N) is 2. The first kappa shape index (κ1) is 22.0. The Kier molecular flexibility index (Phi) is 8.11. The number of hydrogen-bond acceptors (Lipinski definition) is 3. The van der Waals surface area contributed by atoms with Crippen molar-refractivity contribution < 1.29 is 9.59 Å². The van der Waals surface area contributed by atoms with E-state index < -0.39 is 0 Å². The van der Waals surface area contributed by atoms with Crippen LogP contribution in [0.2, 0.25) is 5.02 Å². The molecule has 1 saturated carbocycles. The van der Waals surface area contributed by atoms with Crippen LogP contribution in [-0.4, -0.2) is 63.5 Å². The van der Waals surface area contributed by atoms with Crippen LogP contribution in [0.15, 0.2) is 29.3 Å². The third kappa shape index (κ3) is 5.86. The third-order valence-electron chi connectivity index (χ3n) is 5.05. The Bertz CT molecular complexity index is 697. The number of carbonyl (C=O) groups is 2. The molecule has 2 rings (SSSR count). The lowest BCUT2D eigenvalue weighted by molar-refractivity contribution is -0.138. The molecule has 0 bridgehead atoms. The Morgan fingerprint density at radius 1 is 1.07 bits per heavy atom. The van der Waals surface area contributed by atoms with E-state index in [1.54, 1.807) is 50.3 Å². The van der Waals surface area contributed by atoms with Crippen molar-refractivity contribution in [3.63, 3.8) is 0 Å². The second-order valence-electron chi connectivity index (χ2n) is 7.30. The Labute approximate surface area is 171 Å². The molecule has 0 aromatic heterocycles. The maximum atomic E-state index is 12.6. The van der Waals surface area contributed by atoms with E-state index in [2.05, 4.69) is 20.9 Å². The fourth-order valence-electron chi connectivity index (χ4n) is 3.53. The Balaban J connectivity index is 1.77. The van der Waals surface area contributed by atoms with E-state index in [9.17, 15) is 9.59 Å². The van der Waals surface area contributed by atoms with Gasteiger partial charge in [0, 0.05) is 51.4 Å². The van der Waals surface area contributed by atoms with Gasteiger partial charge >= 0.3 is 0 Å². The van der Waals surface area contributed by atoms with Crippen molar-refractivity contribution in [3.05, 3.63) is 34.9 Å². The maximum Gasteiger partial charge on any atom is 0.251 e. The van der Waals surface area contributed by atoms with Crippen LogP contribution < -0.4 is 16.0 Å². The van der Waals surface area contributed by atoms with Gasteiger partial charge in [-0.1, -0.05) is 24.4 Å². The quantitative estimate of drug-likeness (QED) is 0.366. The van der Waals surface area contributed by atoms with Gasteiger partial charge in [-0.25, -0.2) is 0 Å². The predicted molar refractivity (Wildman–Crippen MR) is 113 cm³/mol. The highest BCUT2D eigenvalue weighted by Gasteiger charge is 2.42. The summed E-state index contributed by atoms with van der Waals surface area (Å²) >= 11 is 5.83. The number of rotatable bonds is 7. The molecule has 1 aliphatic carbocycles. The first-order valence-electron chi connectivity index (χ1n) is 9.58. The molecule has 0 atom stereocenters. The van der Waals surface area contributed by atoms with Crippen LogP contribution in [0.1, 0.15) is 36.0 Å². The van der Waals surface area contributed by atoms with E-state index >= 15 is 0 Å². The molecule has 0 unspecified atom stereocenters. The molecule has 28 heavy (non-hydrogen) atoms. The zero-order chi connectivity index (χ0) is 20.6. The molecule has 154 valence electrons. The van der Waals surface area contributed by atoms with Gasteiger partial charge in [0.15, 0.2) is 5.96 Å². The molecule has 7 nitrogen and oxygen atoms in total. The minimum atomic E-state index is -0.357. The van der Waals surface area contributed by atoms with Crippen LogP contribution in [0.5, 0.6) is 0 Å². The van der Waals surface area contributed by atoms with E-state index in [-0.39, 0.29) is 17.2 Å². The van der Waals surface area contributed by atoms with Crippen molar-refractivity contribution in [3.8, 4) is 0 Å². The van der Waals surface area contributed by atoms with Crippen molar-refractivity contribution in [2.75, 3.05) is 40.8 Å². The molecular formula is C20H30ClN5O2. The summed E-state index contributed by atoms with van der Waals surface area (Å²) < 4.78 is 0. The third-order valence-corrected chi connectivity index (χ3v) is 5.30. The van der Waals surface area contributed by atoms with Gasteiger partial charge in [0.2, 0.25) is 5.91 Å². The lowest BCUT2D eigenvalue weighted by Gasteiger charge is -2.31. The van der Waals surface area contributed by atoms with Crippen molar-refractivity contribution in [1.29, 1.82) is 0 Å². The second-order valence-corrected chi connectivity index (χ2v) is 7.74. The summed E-state index contributed by atoms with van der Waals surface area (Å²) in [5.41, 5.74) is 0.210. The minimum Gasteiger partial charge on any atom is -0.355 e. The number of nitrogens with one attached hydrogen (secondary N) is 3. The van der Waals surface area contributed by atoms with E-state index in [0.717, 1.165) is 25.7 Å². The van der Waals surface area contributed by atoms with Gasteiger partial charge in [-0.05, 0) is 37.1 Å². The molecule has 8 heteroatoms. The summed E-state index contributed by atoms with van der Waals surface area (Å²) in [4.78, 5) is 30.6. The average Bonchev–Trinajstić information content (AvgIpc) is 3.17.